The molecule has 2 rings (SSSR count). The third kappa shape index (κ3) is 3.03. The van der Waals surface area contributed by atoms with Gasteiger partial charge in [-0.2, -0.15) is 0 Å². The summed E-state index contributed by atoms with van der Waals surface area (Å²) >= 11 is 0. The van der Waals surface area contributed by atoms with Crippen molar-refractivity contribution in [2.75, 3.05) is 13.2 Å². The quantitative estimate of drug-likeness (QED) is 0.814. The van der Waals surface area contributed by atoms with E-state index < -0.39 is 0 Å². The molecule has 3 nitrogen and oxygen atoms in total. The van der Waals surface area contributed by atoms with Crippen molar-refractivity contribution in [3.8, 4) is 11.5 Å². The van der Waals surface area contributed by atoms with Crippen molar-refractivity contribution in [2.45, 2.75) is 52.2 Å². The fourth-order valence-corrected chi connectivity index (χ4v) is 2.62. The lowest BCUT2D eigenvalue weighted by molar-refractivity contribution is 0.171. The van der Waals surface area contributed by atoms with Gasteiger partial charge in [-0.3, -0.25) is 0 Å². The standard InChI is InChI=1S/C16H25NO2/c1-4-8-13-15(17-6-3)12-9-7-10-14(16(12)19-13)18-11-5-2/h7,9-10,13,15,17H,4-6,8,11H2,1-3H3. The van der Waals surface area contributed by atoms with Gasteiger partial charge in [0.15, 0.2) is 11.5 Å². The molecule has 1 N–H and O–H groups in total. The fraction of sp³-hybridized carbons (Fsp3) is 0.625. The number of benzene rings is 1. The van der Waals surface area contributed by atoms with Gasteiger partial charge in [-0.05, 0) is 25.5 Å². The van der Waals surface area contributed by atoms with Crippen molar-refractivity contribution in [1.82, 2.24) is 5.32 Å². The minimum atomic E-state index is 0.228. The third-order valence-electron chi connectivity index (χ3n) is 3.44. The fourth-order valence-electron chi connectivity index (χ4n) is 2.62. The molecule has 0 aliphatic carbocycles. The summed E-state index contributed by atoms with van der Waals surface area (Å²) in [5.41, 5.74) is 1.24. The lowest BCUT2D eigenvalue weighted by Crippen LogP contribution is -2.30. The van der Waals surface area contributed by atoms with Gasteiger partial charge in [-0.1, -0.05) is 39.3 Å². The summed E-state index contributed by atoms with van der Waals surface area (Å²) in [4.78, 5) is 0. The van der Waals surface area contributed by atoms with Gasteiger partial charge in [0, 0.05) is 5.56 Å². The molecule has 1 aromatic rings. The molecule has 0 fully saturated rings. The van der Waals surface area contributed by atoms with E-state index in [4.69, 9.17) is 9.47 Å². The molecule has 0 radical (unpaired) electrons. The molecule has 3 heteroatoms. The van der Waals surface area contributed by atoms with Gasteiger partial charge in [0.1, 0.15) is 6.10 Å². The summed E-state index contributed by atoms with van der Waals surface area (Å²) in [7, 11) is 0. The molecule has 19 heavy (non-hydrogen) atoms. The van der Waals surface area contributed by atoms with Crippen molar-refractivity contribution in [2.24, 2.45) is 0 Å². The molecule has 106 valence electrons. The SMILES string of the molecule is CCCOc1cccc2c1OC(CCC)C2NCC. The van der Waals surface area contributed by atoms with Crippen molar-refractivity contribution >= 4 is 0 Å². The number of ether oxygens (including phenoxy) is 2. The topological polar surface area (TPSA) is 30.5 Å². The number of hydrogen-bond acceptors (Lipinski definition) is 3. The molecule has 0 saturated carbocycles. The number of nitrogens with one attached hydrogen (secondary N) is 1. The molecule has 1 aliphatic rings. The predicted octanol–water partition coefficient (Wildman–Crippen LogP) is 3.69. The van der Waals surface area contributed by atoms with E-state index in [1.165, 1.54) is 5.56 Å². The smallest absolute Gasteiger partial charge is 0.166 e. The van der Waals surface area contributed by atoms with Crippen molar-refractivity contribution in [3.05, 3.63) is 23.8 Å². The lowest BCUT2D eigenvalue weighted by Gasteiger charge is -2.18. The van der Waals surface area contributed by atoms with Crippen LogP contribution in [0.5, 0.6) is 11.5 Å². The first-order valence-corrected chi connectivity index (χ1v) is 7.47. The average molecular weight is 263 g/mol. The molecule has 0 spiro atoms. The Kier molecular flexibility index (Phi) is 5.08. The van der Waals surface area contributed by atoms with E-state index in [9.17, 15) is 0 Å². The first-order valence-electron chi connectivity index (χ1n) is 7.47. The maximum atomic E-state index is 6.15. The van der Waals surface area contributed by atoms with E-state index in [1.54, 1.807) is 0 Å². The predicted molar refractivity (Wildman–Crippen MR) is 78.0 cm³/mol. The largest absolute Gasteiger partial charge is 0.490 e. The molecule has 0 saturated heterocycles. The molecule has 2 unspecified atom stereocenters. The highest BCUT2D eigenvalue weighted by Crippen LogP contribution is 2.44. The van der Waals surface area contributed by atoms with Crippen molar-refractivity contribution in [3.63, 3.8) is 0 Å². The molecule has 0 aromatic heterocycles. The van der Waals surface area contributed by atoms with E-state index in [-0.39, 0.29) is 6.10 Å². The Bertz CT molecular complexity index is 406. The Hall–Kier alpha value is -1.22. The van der Waals surface area contributed by atoms with E-state index in [1.807, 2.05) is 6.07 Å². The van der Waals surface area contributed by atoms with Crippen LogP contribution in [0, 0.1) is 0 Å². The Balaban J connectivity index is 2.24. The minimum absolute atomic E-state index is 0.228. The van der Waals surface area contributed by atoms with Gasteiger partial charge in [-0.25, -0.2) is 0 Å². The minimum Gasteiger partial charge on any atom is -0.490 e. The normalized spacial score (nSPS) is 21.0. The Labute approximate surface area is 116 Å². The van der Waals surface area contributed by atoms with Gasteiger partial charge in [0.2, 0.25) is 0 Å². The zero-order valence-corrected chi connectivity index (χ0v) is 12.2. The molecule has 1 aliphatic heterocycles. The summed E-state index contributed by atoms with van der Waals surface area (Å²) < 4.78 is 12.0. The first-order chi connectivity index (χ1) is 9.31. The summed E-state index contributed by atoms with van der Waals surface area (Å²) in [6.07, 6.45) is 3.44. The second-order valence-electron chi connectivity index (χ2n) is 5.00. The number of likely N-dealkylation sites (N-methyl/N-ethyl adjacent to an activating group) is 1. The van der Waals surface area contributed by atoms with Crippen LogP contribution in [-0.4, -0.2) is 19.3 Å². The molecule has 2 atom stereocenters. The zero-order valence-electron chi connectivity index (χ0n) is 12.2. The Morgan fingerprint density at radius 2 is 2.05 bits per heavy atom. The molecule has 1 heterocycles. The highest BCUT2D eigenvalue weighted by Gasteiger charge is 2.35. The summed E-state index contributed by atoms with van der Waals surface area (Å²) in [6.45, 7) is 8.14. The number of para-hydroxylation sites is 1. The number of hydrogen-bond donors (Lipinski definition) is 1. The van der Waals surface area contributed by atoms with Crippen LogP contribution in [0.2, 0.25) is 0 Å². The van der Waals surface area contributed by atoms with Crippen LogP contribution in [0.1, 0.15) is 51.6 Å². The van der Waals surface area contributed by atoms with Crippen LogP contribution >= 0.6 is 0 Å². The van der Waals surface area contributed by atoms with Gasteiger partial charge in [0.25, 0.3) is 0 Å². The van der Waals surface area contributed by atoms with Gasteiger partial charge in [-0.15, -0.1) is 0 Å². The summed E-state index contributed by atoms with van der Waals surface area (Å²) in [5.74, 6) is 1.83. The summed E-state index contributed by atoms with van der Waals surface area (Å²) in [5, 5.41) is 3.54. The molecular weight excluding hydrogens is 238 g/mol. The zero-order chi connectivity index (χ0) is 13.7. The van der Waals surface area contributed by atoms with Gasteiger partial charge >= 0.3 is 0 Å². The van der Waals surface area contributed by atoms with Gasteiger partial charge in [0.05, 0.1) is 12.6 Å². The lowest BCUT2D eigenvalue weighted by atomic mass is 10.0. The van der Waals surface area contributed by atoms with Crippen molar-refractivity contribution < 1.29 is 9.47 Å². The number of rotatable bonds is 7. The monoisotopic (exact) mass is 263 g/mol. The molecule has 1 aromatic carbocycles. The van der Waals surface area contributed by atoms with E-state index in [0.29, 0.717) is 6.04 Å². The van der Waals surface area contributed by atoms with Crippen LogP contribution in [0.4, 0.5) is 0 Å². The Morgan fingerprint density at radius 3 is 2.74 bits per heavy atom. The van der Waals surface area contributed by atoms with Crippen molar-refractivity contribution in [1.29, 1.82) is 0 Å². The summed E-state index contributed by atoms with van der Waals surface area (Å²) in [6, 6.07) is 6.51. The third-order valence-corrected chi connectivity index (χ3v) is 3.44. The maximum Gasteiger partial charge on any atom is 0.166 e. The molecule has 0 amide bonds. The van der Waals surface area contributed by atoms with Crippen LogP contribution in [0.15, 0.2) is 18.2 Å². The molecular formula is C16H25NO2. The van der Waals surface area contributed by atoms with E-state index >= 15 is 0 Å². The average Bonchev–Trinajstić information content (AvgIpc) is 2.76. The van der Waals surface area contributed by atoms with Gasteiger partial charge < -0.3 is 14.8 Å². The maximum absolute atomic E-state index is 6.15. The Morgan fingerprint density at radius 1 is 1.21 bits per heavy atom. The van der Waals surface area contributed by atoms with E-state index in [2.05, 4.69) is 38.2 Å². The first kappa shape index (κ1) is 14.2. The second-order valence-corrected chi connectivity index (χ2v) is 5.00. The van der Waals surface area contributed by atoms with Crippen LogP contribution in [-0.2, 0) is 0 Å². The molecule has 0 bridgehead atoms. The number of fused-ring (bicyclic) bond motifs is 1. The highest BCUT2D eigenvalue weighted by molar-refractivity contribution is 5.51. The van der Waals surface area contributed by atoms with Crippen LogP contribution < -0.4 is 14.8 Å². The highest BCUT2D eigenvalue weighted by atomic mass is 16.5. The van der Waals surface area contributed by atoms with Crippen LogP contribution in [0.3, 0.4) is 0 Å². The van der Waals surface area contributed by atoms with Crippen LogP contribution in [0.25, 0.3) is 0 Å². The second kappa shape index (κ2) is 6.80. The van der Waals surface area contributed by atoms with E-state index in [0.717, 1.165) is 43.9 Å².